The lowest BCUT2D eigenvalue weighted by atomic mass is 9.98. The van der Waals surface area contributed by atoms with E-state index in [1.807, 2.05) is 0 Å². The molecule has 0 aromatic rings. The Kier molecular flexibility index (Phi) is 37.4. The Morgan fingerprint density at radius 1 is 0.493 bits per heavy atom. The van der Waals surface area contributed by atoms with Crippen LogP contribution in [0.25, 0.3) is 0 Å². The van der Waals surface area contributed by atoms with E-state index in [0.29, 0.717) is 13.0 Å². The largest absolute Gasteiger partial charge is 0.457 e. The number of unbranched alkanes of at least 4 members (excludes halogenated alkanes) is 22. The second-order valence-electron chi connectivity index (χ2n) is 18.7. The fourth-order valence-corrected chi connectivity index (χ4v) is 8.25. The molecule has 7 N–H and O–H groups in total. The van der Waals surface area contributed by atoms with E-state index in [2.05, 4.69) is 50.3 Å². The van der Waals surface area contributed by atoms with Gasteiger partial charge in [-0.3, -0.25) is 4.79 Å². The molecule has 0 aromatic carbocycles. The second-order valence-corrected chi connectivity index (χ2v) is 18.7. The fraction of sp³-hybridized carbons (Fsp3) is 0.868. The van der Waals surface area contributed by atoms with Crippen LogP contribution in [0.4, 0.5) is 0 Å². The lowest BCUT2D eigenvalue weighted by molar-refractivity contribution is -0.332. The molecule has 2 saturated heterocycles. The van der Waals surface area contributed by atoms with Gasteiger partial charge in [-0.2, -0.15) is 0 Å². The first-order valence-electron chi connectivity index (χ1n) is 26.6. The van der Waals surface area contributed by atoms with Gasteiger partial charge in [-0.15, -0.1) is 0 Å². The van der Waals surface area contributed by atoms with Crippen LogP contribution in [0.3, 0.4) is 0 Å². The van der Waals surface area contributed by atoms with Gasteiger partial charge in [0.25, 0.3) is 0 Å². The van der Waals surface area contributed by atoms with Crippen LogP contribution in [0.2, 0.25) is 0 Å². The summed E-state index contributed by atoms with van der Waals surface area (Å²) in [6, 6.07) is 0. The first kappa shape index (κ1) is 61.3. The predicted molar refractivity (Wildman–Crippen MR) is 261 cm³/mol. The molecule has 14 nitrogen and oxygen atoms in total. The zero-order valence-electron chi connectivity index (χ0n) is 41.6. The quantitative estimate of drug-likeness (QED) is 0.0175. The minimum absolute atomic E-state index is 0.0535. The average molecular weight is 957 g/mol. The molecule has 14 heteroatoms. The Morgan fingerprint density at radius 3 is 1.48 bits per heavy atom. The summed E-state index contributed by atoms with van der Waals surface area (Å²) in [5, 5.41) is 72.2. The molecule has 11 atom stereocenters. The summed E-state index contributed by atoms with van der Waals surface area (Å²) < 4.78 is 34.3. The van der Waals surface area contributed by atoms with E-state index in [9.17, 15) is 40.5 Å². The fourth-order valence-electron chi connectivity index (χ4n) is 8.25. The highest BCUT2D eigenvalue weighted by molar-refractivity contribution is 5.69. The van der Waals surface area contributed by atoms with E-state index in [4.69, 9.17) is 28.4 Å². The number of aliphatic hydroxyl groups is 7. The maximum Gasteiger partial charge on any atom is 0.306 e. The van der Waals surface area contributed by atoms with Crippen molar-refractivity contribution in [1.29, 1.82) is 0 Å². The normalized spacial score (nSPS) is 26.3. The molecule has 2 heterocycles. The number of aliphatic hydroxyl groups excluding tert-OH is 7. The highest BCUT2D eigenvalue weighted by Gasteiger charge is 2.47. The van der Waals surface area contributed by atoms with Crippen LogP contribution in [0.15, 0.2) is 36.5 Å². The van der Waals surface area contributed by atoms with Gasteiger partial charge in [0.1, 0.15) is 54.9 Å². The van der Waals surface area contributed by atoms with Crippen LogP contribution in [0.1, 0.15) is 194 Å². The van der Waals surface area contributed by atoms with E-state index < -0.39 is 80.7 Å². The minimum atomic E-state index is -1.71. The maximum atomic E-state index is 13.0. The smallest absolute Gasteiger partial charge is 0.306 e. The number of hydrogen-bond acceptors (Lipinski definition) is 14. The molecule has 2 aliphatic rings. The van der Waals surface area contributed by atoms with E-state index >= 15 is 0 Å². The Hall–Kier alpha value is -1.79. The molecule has 0 bridgehead atoms. The van der Waals surface area contributed by atoms with Gasteiger partial charge in [-0.25, -0.2) is 0 Å². The van der Waals surface area contributed by atoms with Crippen LogP contribution < -0.4 is 0 Å². The molecule has 0 aromatic heterocycles. The maximum absolute atomic E-state index is 13.0. The number of ether oxygens (including phenoxy) is 6. The van der Waals surface area contributed by atoms with Gasteiger partial charge in [0, 0.05) is 13.0 Å². The van der Waals surface area contributed by atoms with Gasteiger partial charge in [-0.05, 0) is 70.6 Å². The number of allylic oxidation sites excluding steroid dienone is 6. The lowest BCUT2D eigenvalue weighted by Crippen LogP contribution is -2.61. The van der Waals surface area contributed by atoms with E-state index in [1.165, 1.54) is 103 Å². The van der Waals surface area contributed by atoms with E-state index in [1.54, 1.807) is 0 Å². The van der Waals surface area contributed by atoms with Crippen LogP contribution in [0, 0.1) is 0 Å². The third-order valence-corrected chi connectivity index (χ3v) is 12.6. The summed E-state index contributed by atoms with van der Waals surface area (Å²) in [5.74, 6) is -0.384. The van der Waals surface area contributed by atoms with Crippen molar-refractivity contribution >= 4 is 5.97 Å². The third-order valence-electron chi connectivity index (χ3n) is 12.6. The second kappa shape index (κ2) is 40.9. The van der Waals surface area contributed by atoms with Crippen molar-refractivity contribution in [2.75, 3.05) is 33.0 Å². The predicted octanol–water partition coefficient (Wildman–Crippen LogP) is 8.19. The zero-order chi connectivity index (χ0) is 48.7. The monoisotopic (exact) mass is 957 g/mol. The Balaban J connectivity index is 1.77. The summed E-state index contributed by atoms with van der Waals surface area (Å²) in [4.78, 5) is 13.0. The van der Waals surface area contributed by atoms with Crippen molar-refractivity contribution in [3.63, 3.8) is 0 Å². The van der Waals surface area contributed by atoms with Crippen LogP contribution in [0.5, 0.6) is 0 Å². The minimum Gasteiger partial charge on any atom is -0.457 e. The third kappa shape index (κ3) is 28.6. The number of rotatable bonds is 42. The van der Waals surface area contributed by atoms with E-state index in [0.717, 1.165) is 64.2 Å². The summed E-state index contributed by atoms with van der Waals surface area (Å²) in [5.41, 5.74) is 0. The Labute approximate surface area is 404 Å². The molecule has 0 aliphatic carbocycles. The molecule has 2 aliphatic heterocycles. The molecular formula is C53H96O14. The summed E-state index contributed by atoms with van der Waals surface area (Å²) in [6.45, 7) is 3.64. The summed E-state index contributed by atoms with van der Waals surface area (Å²) in [7, 11) is 0. The van der Waals surface area contributed by atoms with Crippen molar-refractivity contribution in [2.45, 2.75) is 261 Å². The molecule has 2 rings (SSSR count). The first-order valence-corrected chi connectivity index (χ1v) is 26.6. The zero-order valence-corrected chi connectivity index (χ0v) is 41.6. The highest BCUT2D eigenvalue weighted by Crippen LogP contribution is 2.26. The van der Waals surface area contributed by atoms with Gasteiger partial charge < -0.3 is 64.2 Å². The molecule has 0 radical (unpaired) electrons. The highest BCUT2D eigenvalue weighted by atomic mass is 16.7. The van der Waals surface area contributed by atoms with Crippen molar-refractivity contribution in [1.82, 2.24) is 0 Å². The van der Waals surface area contributed by atoms with Gasteiger partial charge in [0.05, 0.1) is 26.4 Å². The van der Waals surface area contributed by atoms with Gasteiger partial charge in [0.2, 0.25) is 0 Å². The summed E-state index contributed by atoms with van der Waals surface area (Å²) >= 11 is 0. The first-order chi connectivity index (χ1) is 32.6. The van der Waals surface area contributed by atoms with Crippen molar-refractivity contribution in [3.05, 3.63) is 36.5 Å². The standard InChI is InChI=1S/C53H96O14/c1-3-5-7-9-11-13-15-17-19-21-22-24-26-28-30-32-34-36-45(55)65-42(39-62-37-35-33-31-29-27-25-23-20-18-16-14-12-10-8-6-4-2)40-63-52-51(61)49(59)47(57)44(67-52)41-64-53-50(60)48(58)46(56)43(38-54)66-53/h12,14,17-20,42-44,46-54,56-61H,3-11,13,15-16,21-41H2,1-2H3/b14-12-,19-17-,20-18-. The topological polar surface area (TPSA) is 214 Å². The molecule has 0 amide bonds. The molecule has 11 unspecified atom stereocenters. The number of esters is 1. The Bertz CT molecular complexity index is 1250. The van der Waals surface area contributed by atoms with Gasteiger partial charge >= 0.3 is 5.97 Å². The molecule has 0 spiro atoms. The Morgan fingerprint density at radius 2 is 0.925 bits per heavy atom. The van der Waals surface area contributed by atoms with Gasteiger partial charge in [0.15, 0.2) is 12.6 Å². The summed E-state index contributed by atoms with van der Waals surface area (Å²) in [6.07, 6.45) is 29.1. The SMILES string of the molecule is CCCCC/C=C\C/C=C\CCCCCCCCOCC(COC1OC(COC2OC(CO)C(O)C(O)C2O)C(O)C(O)C1O)OC(=O)CCCCCCCCC/C=C\CCCCCCCC. The number of hydrogen-bond donors (Lipinski definition) is 7. The van der Waals surface area contributed by atoms with Crippen molar-refractivity contribution < 1.29 is 69.0 Å². The molecule has 0 saturated carbocycles. The van der Waals surface area contributed by atoms with E-state index in [-0.39, 0.29) is 25.6 Å². The molecule has 67 heavy (non-hydrogen) atoms. The molecular weight excluding hydrogens is 861 g/mol. The van der Waals surface area contributed by atoms with Crippen LogP contribution >= 0.6 is 0 Å². The number of carbonyl (C=O) groups excluding carboxylic acids is 1. The molecule has 392 valence electrons. The van der Waals surface area contributed by atoms with Gasteiger partial charge in [-0.1, -0.05) is 153 Å². The molecule has 2 fully saturated rings. The number of carbonyl (C=O) groups is 1. The van der Waals surface area contributed by atoms with Crippen LogP contribution in [-0.2, 0) is 33.2 Å². The van der Waals surface area contributed by atoms with Crippen molar-refractivity contribution in [2.24, 2.45) is 0 Å². The lowest BCUT2D eigenvalue weighted by Gasteiger charge is -2.42. The van der Waals surface area contributed by atoms with Crippen molar-refractivity contribution in [3.8, 4) is 0 Å². The van der Waals surface area contributed by atoms with Crippen LogP contribution in [-0.4, -0.2) is 142 Å². The average Bonchev–Trinajstić information content (AvgIpc) is 3.32.